The zero-order valence-electron chi connectivity index (χ0n) is 17.4. The summed E-state index contributed by atoms with van der Waals surface area (Å²) in [5.74, 6) is -0.0887. The number of hydrogen-bond donors (Lipinski definition) is 1. The van der Waals surface area contributed by atoms with Crippen LogP contribution in [0.4, 0.5) is 0 Å². The Bertz CT molecular complexity index is 746. The van der Waals surface area contributed by atoms with Crippen molar-refractivity contribution in [2.75, 3.05) is 6.61 Å². The fourth-order valence-corrected chi connectivity index (χ4v) is 4.11. The van der Waals surface area contributed by atoms with Crippen molar-refractivity contribution in [3.63, 3.8) is 0 Å². The van der Waals surface area contributed by atoms with Crippen LogP contribution in [0, 0.1) is 0 Å². The van der Waals surface area contributed by atoms with Gasteiger partial charge in [0.05, 0.1) is 13.2 Å². The molecule has 0 saturated carbocycles. The van der Waals surface area contributed by atoms with Crippen molar-refractivity contribution in [3.8, 4) is 5.75 Å². The van der Waals surface area contributed by atoms with E-state index in [1.165, 1.54) is 38.5 Å². The fraction of sp³-hybridized carbons (Fsp3) is 0.609. The Morgan fingerprint density at radius 1 is 1.03 bits per heavy atom. The first kappa shape index (κ1) is 21.3. The highest BCUT2D eigenvalue weighted by Gasteiger charge is 2.40. The van der Waals surface area contributed by atoms with Crippen molar-refractivity contribution >= 4 is 17.7 Å². The summed E-state index contributed by atoms with van der Waals surface area (Å²) in [6, 6.07) is 4.92. The molecule has 1 aromatic rings. The molecule has 1 unspecified atom stereocenters. The molecule has 0 bridgehead atoms. The lowest BCUT2D eigenvalue weighted by atomic mass is 10.0. The van der Waals surface area contributed by atoms with Gasteiger partial charge in [0.25, 0.3) is 5.91 Å². The van der Waals surface area contributed by atoms with Gasteiger partial charge in [-0.05, 0) is 25.0 Å². The van der Waals surface area contributed by atoms with E-state index in [4.69, 9.17) is 4.74 Å². The maximum Gasteiger partial charge on any atom is 0.255 e. The highest BCUT2D eigenvalue weighted by Crippen LogP contribution is 2.33. The minimum absolute atomic E-state index is 0.160. The Hall–Kier alpha value is -2.37. The van der Waals surface area contributed by atoms with Crippen LogP contribution in [0.2, 0.25) is 0 Å². The summed E-state index contributed by atoms with van der Waals surface area (Å²) in [6.07, 6.45) is 10.6. The first-order chi connectivity index (χ1) is 14.1. The Balaban J connectivity index is 1.49. The van der Waals surface area contributed by atoms with Crippen molar-refractivity contribution in [1.82, 2.24) is 10.2 Å². The number of amides is 3. The molecule has 1 saturated heterocycles. The molecule has 0 aromatic heterocycles. The van der Waals surface area contributed by atoms with Crippen LogP contribution in [0.1, 0.15) is 87.1 Å². The number of unbranched alkanes of at least 4 members (excludes halogenated alkanes) is 7. The SMILES string of the molecule is CCCCCCCCCCOc1cccc2c1CN(C1CCC(=O)NC1=O)C2=O. The number of rotatable bonds is 11. The number of fused-ring (bicyclic) bond motifs is 1. The van der Waals surface area contributed by atoms with Crippen molar-refractivity contribution in [2.24, 2.45) is 0 Å². The van der Waals surface area contributed by atoms with E-state index in [-0.39, 0.29) is 24.1 Å². The van der Waals surface area contributed by atoms with E-state index >= 15 is 0 Å². The molecule has 1 aromatic carbocycles. The summed E-state index contributed by atoms with van der Waals surface area (Å²) in [5, 5.41) is 2.33. The van der Waals surface area contributed by atoms with E-state index in [0.29, 0.717) is 25.1 Å². The average Bonchev–Trinajstić information content (AvgIpc) is 3.04. The van der Waals surface area contributed by atoms with Crippen LogP contribution in [-0.2, 0) is 16.1 Å². The Labute approximate surface area is 173 Å². The third-order valence-electron chi connectivity index (χ3n) is 5.79. The molecule has 1 fully saturated rings. The molecule has 29 heavy (non-hydrogen) atoms. The molecule has 1 atom stereocenters. The zero-order chi connectivity index (χ0) is 20.6. The summed E-state index contributed by atoms with van der Waals surface area (Å²) >= 11 is 0. The number of piperidine rings is 1. The van der Waals surface area contributed by atoms with Crippen LogP contribution in [-0.4, -0.2) is 35.3 Å². The molecule has 3 amide bonds. The Kier molecular flexibility index (Phi) is 7.67. The van der Waals surface area contributed by atoms with Gasteiger partial charge in [0.2, 0.25) is 11.8 Å². The van der Waals surface area contributed by atoms with Crippen LogP contribution in [0.15, 0.2) is 18.2 Å². The Morgan fingerprint density at radius 2 is 1.76 bits per heavy atom. The van der Waals surface area contributed by atoms with Gasteiger partial charge in [0.1, 0.15) is 11.8 Å². The van der Waals surface area contributed by atoms with E-state index in [1.54, 1.807) is 11.0 Å². The molecule has 6 heteroatoms. The third-order valence-corrected chi connectivity index (χ3v) is 5.79. The van der Waals surface area contributed by atoms with Gasteiger partial charge in [-0.25, -0.2) is 0 Å². The van der Waals surface area contributed by atoms with Crippen molar-refractivity contribution in [2.45, 2.75) is 83.7 Å². The van der Waals surface area contributed by atoms with Gasteiger partial charge in [-0.2, -0.15) is 0 Å². The molecule has 158 valence electrons. The van der Waals surface area contributed by atoms with Crippen LogP contribution >= 0.6 is 0 Å². The molecule has 2 aliphatic rings. The number of hydrogen-bond acceptors (Lipinski definition) is 4. The largest absolute Gasteiger partial charge is 0.493 e. The number of carbonyl (C=O) groups is 3. The summed E-state index contributed by atoms with van der Waals surface area (Å²) in [6.45, 7) is 3.22. The molecule has 2 heterocycles. The predicted molar refractivity (Wildman–Crippen MR) is 111 cm³/mol. The van der Waals surface area contributed by atoms with Crippen LogP contribution in [0.3, 0.4) is 0 Å². The molecule has 6 nitrogen and oxygen atoms in total. The van der Waals surface area contributed by atoms with Crippen molar-refractivity contribution < 1.29 is 19.1 Å². The zero-order valence-corrected chi connectivity index (χ0v) is 17.4. The highest BCUT2D eigenvalue weighted by atomic mass is 16.5. The summed E-state index contributed by atoms with van der Waals surface area (Å²) < 4.78 is 5.99. The van der Waals surface area contributed by atoms with E-state index < -0.39 is 6.04 Å². The smallest absolute Gasteiger partial charge is 0.255 e. The predicted octanol–water partition coefficient (Wildman–Crippen LogP) is 3.97. The second-order valence-corrected chi connectivity index (χ2v) is 8.01. The van der Waals surface area contributed by atoms with Gasteiger partial charge in [-0.1, -0.05) is 57.9 Å². The van der Waals surface area contributed by atoms with Crippen molar-refractivity contribution in [1.29, 1.82) is 0 Å². The molecule has 1 N–H and O–H groups in total. The number of nitrogens with one attached hydrogen (secondary N) is 1. The van der Waals surface area contributed by atoms with Gasteiger partial charge in [0.15, 0.2) is 0 Å². The monoisotopic (exact) mass is 400 g/mol. The normalized spacial score (nSPS) is 18.7. The second kappa shape index (κ2) is 10.4. The quantitative estimate of drug-likeness (QED) is 0.450. The minimum Gasteiger partial charge on any atom is -0.493 e. The summed E-state index contributed by atoms with van der Waals surface area (Å²) in [7, 11) is 0. The van der Waals surface area contributed by atoms with E-state index in [9.17, 15) is 14.4 Å². The number of imide groups is 1. The van der Waals surface area contributed by atoms with Gasteiger partial charge in [-0.3, -0.25) is 19.7 Å². The topological polar surface area (TPSA) is 75.7 Å². The van der Waals surface area contributed by atoms with Crippen LogP contribution < -0.4 is 10.1 Å². The number of ether oxygens (including phenoxy) is 1. The number of nitrogens with zero attached hydrogens (tertiary/aromatic N) is 1. The van der Waals surface area contributed by atoms with Gasteiger partial charge in [0, 0.05) is 17.5 Å². The van der Waals surface area contributed by atoms with Gasteiger partial charge >= 0.3 is 0 Å². The molecule has 3 rings (SSSR count). The number of benzene rings is 1. The lowest BCUT2D eigenvalue weighted by Gasteiger charge is -2.29. The minimum atomic E-state index is -0.590. The molecule has 2 aliphatic heterocycles. The first-order valence-electron chi connectivity index (χ1n) is 11.0. The molecule has 0 spiro atoms. The average molecular weight is 401 g/mol. The standard InChI is InChI=1S/C23H32N2O4/c1-2-3-4-5-6-7-8-9-15-29-20-12-10-11-17-18(20)16-25(23(17)28)19-13-14-21(26)24-22(19)27/h10-12,19H,2-9,13-16H2,1H3,(H,24,26,27). The summed E-state index contributed by atoms with van der Waals surface area (Å²) in [4.78, 5) is 37.9. The molecule has 0 radical (unpaired) electrons. The van der Waals surface area contributed by atoms with Gasteiger partial charge in [-0.15, -0.1) is 0 Å². The lowest BCUT2D eigenvalue weighted by molar-refractivity contribution is -0.136. The first-order valence-corrected chi connectivity index (χ1v) is 11.0. The van der Waals surface area contributed by atoms with Crippen LogP contribution in [0.25, 0.3) is 0 Å². The van der Waals surface area contributed by atoms with E-state index in [0.717, 1.165) is 24.2 Å². The maximum absolute atomic E-state index is 12.8. The maximum atomic E-state index is 12.8. The summed E-state index contributed by atoms with van der Waals surface area (Å²) in [5.41, 5.74) is 1.45. The number of carbonyl (C=O) groups excluding carboxylic acids is 3. The van der Waals surface area contributed by atoms with Gasteiger partial charge < -0.3 is 9.64 Å². The lowest BCUT2D eigenvalue weighted by Crippen LogP contribution is -2.52. The van der Waals surface area contributed by atoms with E-state index in [1.807, 2.05) is 12.1 Å². The fourth-order valence-electron chi connectivity index (χ4n) is 4.11. The third kappa shape index (κ3) is 5.37. The van der Waals surface area contributed by atoms with E-state index in [2.05, 4.69) is 12.2 Å². The van der Waals surface area contributed by atoms with Crippen molar-refractivity contribution in [3.05, 3.63) is 29.3 Å². The molecular weight excluding hydrogens is 368 g/mol. The second-order valence-electron chi connectivity index (χ2n) is 8.01. The molecule has 0 aliphatic carbocycles. The molecular formula is C23H32N2O4. The Morgan fingerprint density at radius 3 is 2.48 bits per heavy atom. The van der Waals surface area contributed by atoms with Crippen LogP contribution in [0.5, 0.6) is 5.75 Å². The highest BCUT2D eigenvalue weighted by molar-refractivity contribution is 6.05.